The quantitative estimate of drug-likeness (QED) is 0.0378. The summed E-state index contributed by atoms with van der Waals surface area (Å²) >= 11 is 3.18. The summed E-state index contributed by atoms with van der Waals surface area (Å²) in [6, 6.07) is 17.9. The summed E-state index contributed by atoms with van der Waals surface area (Å²) in [7, 11) is 0. The van der Waals surface area contributed by atoms with E-state index in [1.165, 1.54) is 6.42 Å². The number of phenols is 1. The maximum absolute atomic E-state index is 15.4. The van der Waals surface area contributed by atoms with Crippen molar-refractivity contribution in [2.24, 2.45) is 55.7 Å². The van der Waals surface area contributed by atoms with E-state index in [1.807, 2.05) is 38.3 Å². The zero-order valence-electron chi connectivity index (χ0n) is 40.3. The summed E-state index contributed by atoms with van der Waals surface area (Å²) in [4.78, 5) is 33.8. The molecule has 7 bridgehead atoms. The van der Waals surface area contributed by atoms with Crippen LogP contribution in [0.1, 0.15) is 120 Å². The molecular formula is C57H66N6O5S2. The number of fused-ring (bicyclic) bond motifs is 6. The van der Waals surface area contributed by atoms with E-state index in [9.17, 15) is 20.4 Å². The molecule has 6 aliphatic rings. The van der Waals surface area contributed by atoms with Crippen LogP contribution in [-0.2, 0) is 25.7 Å². The van der Waals surface area contributed by atoms with Crippen LogP contribution < -0.4 is 16.4 Å². The Balaban J connectivity index is 1.13. The second-order valence-corrected chi connectivity index (χ2v) is 23.4. The number of guanidine groups is 1. The van der Waals surface area contributed by atoms with Gasteiger partial charge in [-0.3, -0.25) is 14.8 Å². The minimum Gasteiger partial charge on any atom is -0.508 e. The number of β-amino-alcohol motifs (C(OH)–C–C–N with tert-alkyl or cyclic N) is 1. The number of Topliss-reactive ketones (excluding diaryl/α,β-unsaturated/α-hetero) is 1. The van der Waals surface area contributed by atoms with Gasteiger partial charge >= 0.3 is 0 Å². The predicted octanol–water partition coefficient (Wildman–Crippen LogP) is 8.34. The number of hydrogen-bond acceptors (Lipinski definition) is 11. The molecule has 3 fully saturated rings. The maximum Gasteiger partial charge on any atom is 0.189 e. The lowest BCUT2D eigenvalue weighted by Gasteiger charge is -2.46. The van der Waals surface area contributed by atoms with Gasteiger partial charge in [-0.1, -0.05) is 55.2 Å². The molecule has 0 radical (unpaired) electrons. The second kappa shape index (κ2) is 20.4. The Morgan fingerprint density at radius 2 is 1.83 bits per heavy atom. The molecule has 2 aromatic carbocycles. The largest absolute Gasteiger partial charge is 0.508 e. The van der Waals surface area contributed by atoms with E-state index in [-0.39, 0.29) is 59.8 Å². The van der Waals surface area contributed by atoms with Crippen LogP contribution in [0.3, 0.4) is 0 Å². The van der Waals surface area contributed by atoms with Gasteiger partial charge in [0.2, 0.25) is 0 Å². The van der Waals surface area contributed by atoms with Crippen LogP contribution in [0.5, 0.6) is 5.75 Å². The molecule has 10 rings (SSSR count). The average Bonchev–Trinajstić information content (AvgIpc) is 4.19. The molecule has 2 aromatic heterocycles. The number of carbonyl (C=O) groups is 1. The fourth-order valence-electron chi connectivity index (χ4n) is 13.1. The maximum atomic E-state index is 15.4. The van der Waals surface area contributed by atoms with Gasteiger partial charge in [0, 0.05) is 59.3 Å². The van der Waals surface area contributed by atoms with Crippen molar-refractivity contribution in [2.45, 2.75) is 128 Å². The summed E-state index contributed by atoms with van der Waals surface area (Å²) in [5, 5.41) is 53.8. The highest BCUT2D eigenvalue weighted by molar-refractivity contribution is 7.23. The van der Waals surface area contributed by atoms with Crippen LogP contribution in [0.2, 0.25) is 0 Å². The third-order valence-corrected chi connectivity index (χ3v) is 18.6. The number of hydrogen-bond donors (Lipinski definition) is 7. The number of nitrogens with one attached hydrogen (secondary N) is 2. The molecule has 0 saturated heterocycles. The number of aliphatic hydroxyl groups excluding tert-OH is 2. The highest BCUT2D eigenvalue weighted by atomic mass is 32.1. The molecule has 2 aliphatic heterocycles. The van der Waals surface area contributed by atoms with E-state index in [4.69, 9.17) is 15.7 Å². The molecule has 11 nitrogen and oxygen atoms in total. The molecule has 4 aliphatic carbocycles. The summed E-state index contributed by atoms with van der Waals surface area (Å²) < 4.78 is 0. The number of nitrogens with two attached hydrogens (primary N) is 1. The number of nitrogens with zero attached hydrogens (tertiary/aromatic N) is 3. The first-order chi connectivity index (χ1) is 33.9. The van der Waals surface area contributed by atoms with Crippen molar-refractivity contribution in [1.29, 1.82) is 0 Å². The third-order valence-electron chi connectivity index (χ3n) is 16.3. The number of benzene rings is 2. The number of aliphatic imine (C=N–C) groups is 3. The van der Waals surface area contributed by atoms with E-state index in [2.05, 4.69) is 69.6 Å². The van der Waals surface area contributed by atoms with Crippen molar-refractivity contribution in [1.82, 2.24) is 5.32 Å². The summed E-state index contributed by atoms with van der Waals surface area (Å²) in [6.07, 6.45) is 11.6. The predicted molar refractivity (Wildman–Crippen MR) is 282 cm³/mol. The van der Waals surface area contributed by atoms with E-state index >= 15 is 4.79 Å². The van der Waals surface area contributed by atoms with Gasteiger partial charge in [0.1, 0.15) is 12.4 Å². The molecule has 70 heavy (non-hydrogen) atoms. The Kier molecular flexibility index (Phi) is 14.1. The van der Waals surface area contributed by atoms with Crippen LogP contribution in [0.4, 0.5) is 5.69 Å². The number of rotatable bonds is 9. The molecule has 366 valence electrons. The van der Waals surface area contributed by atoms with Crippen molar-refractivity contribution in [3.8, 4) is 39.2 Å². The average molecular weight is 979 g/mol. The Labute approximate surface area is 420 Å². The van der Waals surface area contributed by atoms with Crippen molar-refractivity contribution in [2.75, 3.05) is 25.1 Å². The SMILES string of the molecule is CC#Cc1ccc(-c2ccc(C(=O)[C@H]3CC[C@H]4C[C@@]35C[C@@H]([C@H](O)CO)[C@@H](C5)[C@@H]3C#Cc5c(cc(O)cc5NC[C@@](C)(O)Cc5cccc(c5CC5=NCN=C5)C3)C[C@H]4N=C(N)NC3CCCCC3)s2)s1. The number of thiophene rings is 2. The van der Waals surface area contributed by atoms with Gasteiger partial charge in [0.15, 0.2) is 11.7 Å². The molecule has 3 saturated carbocycles. The van der Waals surface area contributed by atoms with E-state index in [0.717, 1.165) is 85.1 Å². The normalized spacial score (nSPS) is 29.0. The highest BCUT2D eigenvalue weighted by Gasteiger charge is 2.58. The second-order valence-electron chi connectivity index (χ2n) is 21.2. The van der Waals surface area contributed by atoms with Crippen LogP contribution in [-0.4, -0.2) is 87.7 Å². The number of aromatic hydroxyl groups is 1. The number of anilines is 1. The molecule has 13 heteroatoms. The lowest BCUT2D eigenvalue weighted by molar-refractivity contribution is 0.0139. The smallest absolute Gasteiger partial charge is 0.189 e. The minimum absolute atomic E-state index is 0.00179. The first kappa shape index (κ1) is 48.4. The van der Waals surface area contributed by atoms with Gasteiger partial charge in [-0.05, 0) is 147 Å². The molecule has 0 amide bonds. The molecule has 0 unspecified atom stereocenters. The molecule has 4 aromatic rings. The zero-order valence-corrected chi connectivity index (χ0v) is 42.0. The Bertz CT molecular complexity index is 2830. The monoisotopic (exact) mass is 978 g/mol. The highest BCUT2D eigenvalue weighted by Crippen LogP contribution is 2.62. The molecular weight excluding hydrogens is 913 g/mol. The van der Waals surface area contributed by atoms with Crippen LogP contribution in [0.25, 0.3) is 9.75 Å². The minimum atomic E-state index is -1.19. The van der Waals surface area contributed by atoms with E-state index in [0.29, 0.717) is 69.7 Å². The number of phenolic OH excluding ortho intramolecular Hbond substituents is 1. The summed E-state index contributed by atoms with van der Waals surface area (Å²) in [5.74, 6) is 13.1. The van der Waals surface area contributed by atoms with Crippen LogP contribution >= 0.6 is 22.7 Å². The molecule has 8 N–H and O–H groups in total. The molecule has 1 spiro atoms. The topological polar surface area (TPSA) is 185 Å². The molecule has 4 heterocycles. The van der Waals surface area contributed by atoms with Gasteiger partial charge in [-0.2, -0.15) is 0 Å². The Morgan fingerprint density at radius 3 is 2.63 bits per heavy atom. The first-order valence-corrected chi connectivity index (χ1v) is 27.0. The van der Waals surface area contributed by atoms with Crippen molar-refractivity contribution in [3.63, 3.8) is 0 Å². The number of carbonyl (C=O) groups excluding carboxylic acids is 1. The zero-order chi connectivity index (χ0) is 48.6. The fraction of sp³-hybridized carbons (Fsp3) is 0.509. The third kappa shape index (κ3) is 10.2. The lowest BCUT2D eigenvalue weighted by Crippen LogP contribution is -2.45. The van der Waals surface area contributed by atoms with Crippen molar-refractivity contribution < 1.29 is 25.2 Å². The van der Waals surface area contributed by atoms with E-state index < -0.39 is 23.7 Å². The first-order valence-electron chi connectivity index (χ1n) is 25.4. The van der Waals surface area contributed by atoms with Gasteiger partial charge < -0.3 is 36.8 Å². The van der Waals surface area contributed by atoms with Gasteiger partial charge in [0.05, 0.1) is 51.1 Å². The Morgan fingerprint density at radius 1 is 1.01 bits per heavy atom. The number of aliphatic hydroxyl groups is 3. The summed E-state index contributed by atoms with van der Waals surface area (Å²) in [6.45, 7) is 3.87. The van der Waals surface area contributed by atoms with Gasteiger partial charge in [0.25, 0.3) is 0 Å². The lowest BCUT2D eigenvalue weighted by atomic mass is 9.58. The van der Waals surface area contributed by atoms with Crippen LogP contribution in [0.15, 0.2) is 69.6 Å². The van der Waals surface area contributed by atoms with Crippen LogP contribution in [0, 0.1) is 58.7 Å². The van der Waals surface area contributed by atoms with Crippen molar-refractivity contribution in [3.05, 3.63) is 92.2 Å². The fourth-order valence-corrected chi connectivity index (χ4v) is 15.1. The van der Waals surface area contributed by atoms with Crippen molar-refractivity contribution >= 4 is 52.0 Å². The van der Waals surface area contributed by atoms with Gasteiger partial charge in [-0.25, -0.2) is 4.99 Å². The Hall–Kier alpha value is -5.28. The number of ketones is 1. The summed E-state index contributed by atoms with van der Waals surface area (Å²) in [5.41, 5.74) is 11.5. The standard InChI is InChI=1S/C57H66N6O5S2/c1-3-8-42-15-18-51(69-42)52-19-20-53(70-52)54(67)47-17-14-37-27-57(47)28-45(46(29-57)50(66)31-64)35-13-16-43-38(23-48(37)63-55(58)62-39-11-5-4-6-12-39)22-41(65)25-49(43)60-32-56(2,68)26-36-10-7-9-34(21-35)44(36)24-40-30-59-33-61-40/h7,9-10,15,18-20,22,25,30,35,37,39,45-48,50,60,64-66,68H,4-6,11-12,14,17,21,23-24,26-29,31-33H2,1-2H3,(H3,58,62,63)/t35-,37+,45+,46-,47-,48-,50-,56+,57-/m1/s1. The molecule has 9 atom stereocenters. The van der Waals surface area contributed by atoms with E-state index in [1.54, 1.807) is 28.7 Å². The van der Waals surface area contributed by atoms with Gasteiger partial charge in [-0.15, -0.1) is 28.6 Å².